The highest BCUT2D eigenvalue weighted by Crippen LogP contribution is 2.05. The summed E-state index contributed by atoms with van der Waals surface area (Å²) in [6, 6.07) is 8.97. The molecule has 1 amide bonds. The van der Waals surface area contributed by atoms with E-state index in [0.29, 0.717) is 12.2 Å². The van der Waals surface area contributed by atoms with Crippen LogP contribution in [-0.4, -0.2) is 53.6 Å². The number of esters is 2. The standard InChI is InChI=1S/C17H19NO7/c1-2-24-17(23)11-18(10-13-6-4-3-5-7-13)14(19)12-25-16(22)9-8-15(20)21/h3-9H,2,10-12H2,1H3,(H,20,21)/b9-8+. The highest BCUT2D eigenvalue weighted by Gasteiger charge is 2.19. The lowest BCUT2D eigenvalue weighted by molar-refractivity contribution is -0.153. The van der Waals surface area contributed by atoms with E-state index in [-0.39, 0.29) is 19.7 Å². The predicted octanol–water partition coefficient (Wildman–Crippen LogP) is 0.762. The second-order valence-corrected chi connectivity index (χ2v) is 4.82. The minimum atomic E-state index is -1.31. The largest absolute Gasteiger partial charge is 0.478 e. The molecular formula is C17H19NO7. The van der Waals surface area contributed by atoms with Crippen LogP contribution in [0.25, 0.3) is 0 Å². The molecule has 0 radical (unpaired) electrons. The average molecular weight is 349 g/mol. The Labute approximate surface area is 144 Å². The zero-order valence-corrected chi connectivity index (χ0v) is 13.7. The number of hydrogen-bond donors (Lipinski definition) is 1. The fourth-order valence-electron chi connectivity index (χ4n) is 1.81. The normalized spacial score (nSPS) is 10.3. The summed E-state index contributed by atoms with van der Waals surface area (Å²) in [5.74, 6) is -3.46. The van der Waals surface area contributed by atoms with Crippen LogP contribution in [0.15, 0.2) is 42.5 Å². The molecule has 0 aromatic heterocycles. The zero-order chi connectivity index (χ0) is 18.7. The van der Waals surface area contributed by atoms with E-state index in [1.165, 1.54) is 4.90 Å². The van der Waals surface area contributed by atoms with Crippen LogP contribution in [0.3, 0.4) is 0 Å². The summed E-state index contributed by atoms with van der Waals surface area (Å²) >= 11 is 0. The molecular weight excluding hydrogens is 330 g/mol. The first-order chi connectivity index (χ1) is 11.9. The quantitative estimate of drug-likeness (QED) is 0.518. The van der Waals surface area contributed by atoms with E-state index in [0.717, 1.165) is 5.56 Å². The maximum atomic E-state index is 12.2. The molecule has 0 aliphatic heterocycles. The van der Waals surface area contributed by atoms with Crippen molar-refractivity contribution in [1.29, 1.82) is 0 Å². The average Bonchev–Trinajstić information content (AvgIpc) is 2.58. The Balaban J connectivity index is 2.69. The summed E-state index contributed by atoms with van der Waals surface area (Å²) in [4.78, 5) is 46.7. The monoisotopic (exact) mass is 349 g/mol. The first-order valence-corrected chi connectivity index (χ1v) is 7.47. The lowest BCUT2D eigenvalue weighted by Crippen LogP contribution is -2.38. The van der Waals surface area contributed by atoms with E-state index in [1.54, 1.807) is 31.2 Å². The molecule has 1 N–H and O–H groups in total. The van der Waals surface area contributed by atoms with Crippen LogP contribution in [0, 0.1) is 0 Å². The Morgan fingerprint density at radius 2 is 1.76 bits per heavy atom. The maximum absolute atomic E-state index is 12.2. The van der Waals surface area contributed by atoms with Gasteiger partial charge in [0, 0.05) is 18.7 Å². The van der Waals surface area contributed by atoms with Gasteiger partial charge < -0.3 is 19.5 Å². The second kappa shape index (κ2) is 10.6. The number of carboxylic acid groups (broad SMARTS) is 1. The van der Waals surface area contributed by atoms with E-state index < -0.39 is 30.4 Å². The second-order valence-electron chi connectivity index (χ2n) is 4.82. The van der Waals surface area contributed by atoms with Crippen molar-refractivity contribution in [3.8, 4) is 0 Å². The van der Waals surface area contributed by atoms with Crippen molar-refractivity contribution in [2.24, 2.45) is 0 Å². The molecule has 1 aromatic carbocycles. The molecule has 0 spiro atoms. The van der Waals surface area contributed by atoms with E-state index in [2.05, 4.69) is 4.74 Å². The van der Waals surface area contributed by atoms with Gasteiger partial charge in [-0.1, -0.05) is 30.3 Å². The molecule has 0 aliphatic rings. The predicted molar refractivity (Wildman–Crippen MR) is 86.2 cm³/mol. The van der Waals surface area contributed by atoms with Crippen LogP contribution in [0.4, 0.5) is 0 Å². The van der Waals surface area contributed by atoms with E-state index >= 15 is 0 Å². The fourth-order valence-corrected chi connectivity index (χ4v) is 1.81. The Bertz CT molecular complexity index is 640. The molecule has 8 heteroatoms. The molecule has 0 fully saturated rings. The molecule has 0 saturated heterocycles. The van der Waals surface area contributed by atoms with Crippen molar-refractivity contribution < 1.29 is 33.8 Å². The Kier molecular flexibility index (Phi) is 8.42. The Morgan fingerprint density at radius 1 is 1.08 bits per heavy atom. The first kappa shape index (κ1) is 19.9. The SMILES string of the molecule is CCOC(=O)CN(Cc1ccccc1)C(=O)COC(=O)/C=C/C(=O)O. The summed E-state index contributed by atoms with van der Waals surface area (Å²) in [5.41, 5.74) is 0.789. The van der Waals surface area contributed by atoms with Crippen LogP contribution in [0.5, 0.6) is 0 Å². The van der Waals surface area contributed by atoms with Crippen molar-refractivity contribution in [1.82, 2.24) is 4.90 Å². The van der Waals surface area contributed by atoms with Gasteiger partial charge in [0.2, 0.25) is 0 Å². The molecule has 25 heavy (non-hydrogen) atoms. The van der Waals surface area contributed by atoms with Gasteiger partial charge in [-0.15, -0.1) is 0 Å². The molecule has 134 valence electrons. The molecule has 0 heterocycles. The topological polar surface area (TPSA) is 110 Å². The minimum Gasteiger partial charge on any atom is -0.478 e. The van der Waals surface area contributed by atoms with Crippen molar-refractivity contribution >= 4 is 23.8 Å². The Morgan fingerprint density at radius 3 is 2.36 bits per heavy atom. The van der Waals surface area contributed by atoms with E-state index in [1.807, 2.05) is 6.07 Å². The smallest absolute Gasteiger partial charge is 0.331 e. The molecule has 0 aliphatic carbocycles. The van der Waals surface area contributed by atoms with E-state index in [4.69, 9.17) is 9.84 Å². The number of hydrogen-bond acceptors (Lipinski definition) is 6. The highest BCUT2D eigenvalue weighted by molar-refractivity contribution is 5.92. The minimum absolute atomic E-state index is 0.140. The number of rotatable bonds is 9. The molecule has 1 rings (SSSR count). The highest BCUT2D eigenvalue weighted by atomic mass is 16.5. The zero-order valence-electron chi connectivity index (χ0n) is 13.7. The first-order valence-electron chi connectivity index (χ1n) is 7.47. The third kappa shape index (κ3) is 8.31. The van der Waals surface area contributed by atoms with Gasteiger partial charge in [-0.05, 0) is 12.5 Å². The molecule has 1 aromatic rings. The van der Waals surface area contributed by atoms with Crippen LogP contribution in [0.1, 0.15) is 12.5 Å². The van der Waals surface area contributed by atoms with Crippen molar-refractivity contribution in [3.63, 3.8) is 0 Å². The van der Waals surface area contributed by atoms with Crippen molar-refractivity contribution in [2.75, 3.05) is 19.8 Å². The summed E-state index contributed by atoms with van der Waals surface area (Å²) < 4.78 is 9.52. The molecule has 8 nitrogen and oxygen atoms in total. The molecule has 0 saturated carbocycles. The third-order valence-electron chi connectivity index (χ3n) is 2.89. The number of ether oxygens (including phenoxy) is 2. The summed E-state index contributed by atoms with van der Waals surface area (Å²) in [5, 5.41) is 8.42. The van der Waals surface area contributed by atoms with Crippen LogP contribution in [-0.2, 0) is 35.2 Å². The molecule has 0 atom stereocenters. The molecule has 0 bridgehead atoms. The number of carboxylic acids is 1. The number of carbonyl (C=O) groups excluding carboxylic acids is 3. The van der Waals surface area contributed by atoms with Gasteiger partial charge in [0.15, 0.2) is 6.61 Å². The van der Waals surface area contributed by atoms with Crippen molar-refractivity contribution in [3.05, 3.63) is 48.0 Å². The number of carbonyl (C=O) groups is 4. The summed E-state index contributed by atoms with van der Waals surface area (Å²) in [6.07, 6.45) is 1.30. The summed E-state index contributed by atoms with van der Waals surface area (Å²) in [7, 11) is 0. The van der Waals surface area contributed by atoms with Crippen LogP contribution in [0.2, 0.25) is 0 Å². The van der Waals surface area contributed by atoms with Crippen LogP contribution < -0.4 is 0 Å². The lowest BCUT2D eigenvalue weighted by atomic mass is 10.2. The molecule has 0 unspecified atom stereocenters. The van der Waals surface area contributed by atoms with Crippen LogP contribution >= 0.6 is 0 Å². The van der Waals surface area contributed by atoms with Gasteiger partial charge in [0.1, 0.15) is 6.54 Å². The van der Waals surface area contributed by atoms with Gasteiger partial charge in [0.25, 0.3) is 5.91 Å². The summed E-state index contributed by atoms with van der Waals surface area (Å²) in [6.45, 7) is 1.07. The number of benzene rings is 1. The third-order valence-corrected chi connectivity index (χ3v) is 2.89. The Hall–Kier alpha value is -3.16. The van der Waals surface area contributed by atoms with Gasteiger partial charge >= 0.3 is 17.9 Å². The van der Waals surface area contributed by atoms with Crippen molar-refractivity contribution in [2.45, 2.75) is 13.5 Å². The van der Waals surface area contributed by atoms with Gasteiger partial charge in [0.05, 0.1) is 6.61 Å². The number of amides is 1. The number of nitrogens with zero attached hydrogens (tertiary/aromatic N) is 1. The maximum Gasteiger partial charge on any atom is 0.331 e. The van der Waals surface area contributed by atoms with Gasteiger partial charge in [-0.25, -0.2) is 9.59 Å². The fraction of sp³-hybridized carbons (Fsp3) is 0.294. The lowest BCUT2D eigenvalue weighted by Gasteiger charge is -2.21. The number of aliphatic carboxylic acids is 1. The van der Waals surface area contributed by atoms with Gasteiger partial charge in [-0.3, -0.25) is 9.59 Å². The van der Waals surface area contributed by atoms with E-state index in [9.17, 15) is 19.2 Å². The van der Waals surface area contributed by atoms with Gasteiger partial charge in [-0.2, -0.15) is 0 Å².